The lowest BCUT2D eigenvalue weighted by molar-refractivity contribution is -0.130. The topological polar surface area (TPSA) is 85.0 Å². The van der Waals surface area contributed by atoms with Gasteiger partial charge in [0.05, 0.1) is 5.92 Å². The van der Waals surface area contributed by atoms with E-state index in [0.29, 0.717) is 30.6 Å². The fourth-order valence-electron chi connectivity index (χ4n) is 2.56. The van der Waals surface area contributed by atoms with Gasteiger partial charge in [-0.3, -0.25) is 4.79 Å². The van der Waals surface area contributed by atoms with Gasteiger partial charge in [-0.25, -0.2) is 9.97 Å². The lowest BCUT2D eigenvalue weighted by Crippen LogP contribution is -2.47. The molecule has 4 rings (SSSR count). The van der Waals surface area contributed by atoms with Gasteiger partial charge in [0.15, 0.2) is 0 Å². The number of rotatable bonds is 4. The van der Waals surface area contributed by atoms with Crippen LogP contribution in [0.4, 0.5) is 0 Å². The molecule has 1 aromatic carbocycles. The molecule has 124 valence electrons. The largest absolute Gasteiger partial charge is 0.338 e. The average Bonchev–Trinajstić information content (AvgIpc) is 3.10. The first-order chi connectivity index (χ1) is 12.3. The molecule has 0 spiro atoms. The zero-order valence-electron chi connectivity index (χ0n) is 13.3. The van der Waals surface area contributed by atoms with Crippen LogP contribution in [0, 0.1) is 0 Å². The Hall–Kier alpha value is -3.35. The van der Waals surface area contributed by atoms with Crippen LogP contribution in [0.25, 0.3) is 17.7 Å². The first kappa shape index (κ1) is 15.2. The highest BCUT2D eigenvalue weighted by molar-refractivity contribution is 5.92. The third-order valence-corrected chi connectivity index (χ3v) is 3.97. The molecule has 1 amide bonds. The Labute approximate surface area is 144 Å². The van der Waals surface area contributed by atoms with E-state index in [0.717, 1.165) is 5.56 Å². The van der Waals surface area contributed by atoms with Gasteiger partial charge in [-0.1, -0.05) is 35.5 Å². The van der Waals surface area contributed by atoms with Crippen LogP contribution in [0.2, 0.25) is 0 Å². The number of likely N-dealkylation sites (tertiary alicyclic amines) is 1. The van der Waals surface area contributed by atoms with Crippen molar-refractivity contribution < 1.29 is 9.32 Å². The summed E-state index contributed by atoms with van der Waals surface area (Å²) in [7, 11) is 0. The molecule has 7 heteroatoms. The summed E-state index contributed by atoms with van der Waals surface area (Å²) in [5.41, 5.74) is 0.998. The standard InChI is InChI=1S/C18H15N5O2/c24-15(8-7-13-5-2-1-3-6-13)23-11-14(12-23)18-21-17(22-25-18)16-19-9-4-10-20-16/h1-10,14H,11-12H2/b8-7+. The van der Waals surface area contributed by atoms with E-state index in [-0.39, 0.29) is 11.8 Å². The Bertz CT molecular complexity index is 886. The Morgan fingerprint density at radius 1 is 1.08 bits per heavy atom. The Kier molecular flexibility index (Phi) is 4.04. The number of carbonyl (C=O) groups is 1. The van der Waals surface area contributed by atoms with Crippen molar-refractivity contribution in [1.82, 2.24) is 25.0 Å². The highest BCUT2D eigenvalue weighted by Crippen LogP contribution is 2.27. The molecule has 1 aliphatic heterocycles. The number of nitrogens with zero attached hydrogens (tertiary/aromatic N) is 5. The van der Waals surface area contributed by atoms with Gasteiger partial charge in [0.25, 0.3) is 0 Å². The Morgan fingerprint density at radius 3 is 2.60 bits per heavy atom. The number of hydrogen-bond donors (Lipinski definition) is 0. The summed E-state index contributed by atoms with van der Waals surface area (Å²) in [6.07, 6.45) is 6.65. The maximum Gasteiger partial charge on any atom is 0.246 e. The predicted octanol–water partition coefficient (Wildman–Crippen LogP) is 2.17. The zero-order chi connectivity index (χ0) is 17.1. The Morgan fingerprint density at radius 2 is 1.84 bits per heavy atom. The fraction of sp³-hybridized carbons (Fsp3) is 0.167. The first-order valence-corrected chi connectivity index (χ1v) is 7.92. The normalized spacial score (nSPS) is 14.6. The van der Waals surface area contributed by atoms with E-state index in [4.69, 9.17) is 4.52 Å². The van der Waals surface area contributed by atoms with Crippen molar-refractivity contribution in [3.05, 3.63) is 66.3 Å². The minimum Gasteiger partial charge on any atom is -0.338 e. The van der Waals surface area contributed by atoms with Crippen LogP contribution in [0.3, 0.4) is 0 Å². The van der Waals surface area contributed by atoms with E-state index >= 15 is 0 Å². The zero-order valence-corrected chi connectivity index (χ0v) is 13.3. The van der Waals surface area contributed by atoms with Gasteiger partial charge in [-0.15, -0.1) is 0 Å². The summed E-state index contributed by atoms with van der Waals surface area (Å²) in [5, 5.41) is 3.91. The quantitative estimate of drug-likeness (QED) is 0.680. The summed E-state index contributed by atoms with van der Waals surface area (Å²) in [4.78, 5) is 26.4. The first-order valence-electron chi connectivity index (χ1n) is 7.92. The number of amides is 1. The van der Waals surface area contributed by atoms with Crippen LogP contribution < -0.4 is 0 Å². The van der Waals surface area contributed by atoms with Crippen molar-refractivity contribution in [3.63, 3.8) is 0 Å². The van der Waals surface area contributed by atoms with Gasteiger partial charge >= 0.3 is 0 Å². The van der Waals surface area contributed by atoms with Crippen LogP contribution in [-0.4, -0.2) is 44.0 Å². The van der Waals surface area contributed by atoms with E-state index in [9.17, 15) is 4.79 Å². The molecule has 0 N–H and O–H groups in total. The van der Waals surface area contributed by atoms with Crippen molar-refractivity contribution in [2.45, 2.75) is 5.92 Å². The van der Waals surface area contributed by atoms with Crippen LogP contribution in [0.1, 0.15) is 17.4 Å². The van der Waals surface area contributed by atoms with Crippen LogP contribution >= 0.6 is 0 Å². The molecule has 1 saturated heterocycles. The summed E-state index contributed by atoms with van der Waals surface area (Å²) in [6, 6.07) is 11.4. The van der Waals surface area contributed by atoms with E-state index in [2.05, 4.69) is 20.1 Å². The summed E-state index contributed by atoms with van der Waals surface area (Å²) in [6.45, 7) is 1.13. The van der Waals surface area contributed by atoms with E-state index in [1.165, 1.54) is 0 Å². The fourth-order valence-corrected chi connectivity index (χ4v) is 2.56. The molecule has 3 heterocycles. The van der Waals surface area contributed by atoms with Crippen molar-refractivity contribution in [2.24, 2.45) is 0 Å². The van der Waals surface area contributed by atoms with Gasteiger partial charge < -0.3 is 9.42 Å². The monoisotopic (exact) mass is 333 g/mol. The molecule has 0 aliphatic carbocycles. The minimum atomic E-state index is -0.0220. The average molecular weight is 333 g/mol. The van der Waals surface area contributed by atoms with Crippen molar-refractivity contribution in [2.75, 3.05) is 13.1 Å². The van der Waals surface area contributed by atoms with Crippen LogP contribution in [0.15, 0.2) is 59.4 Å². The second-order valence-electron chi connectivity index (χ2n) is 5.71. The molecule has 7 nitrogen and oxygen atoms in total. The van der Waals surface area contributed by atoms with Gasteiger partial charge in [0, 0.05) is 31.6 Å². The molecule has 0 unspecified atom stereocenters. The smallest absolute Gasteiger partial charge is 0.246 e. The van der Waals surface area contributed by atoms with Crippen molar-refractivity contribution in [3.8, 4) is 11.6 Å². The summed E-state index contributed by atoms with van der Waals surface area (Å²) < 4.78 is 5.28. The van der Waals surface area contributed by atoms with Gasteiger partial charge in [0.1, 0.15) is 0 Å². The lowest BCUT2D eigenvalue weighted by Gasteiger charge is -2.36. The summed E-state index contributed by atoms with van der Waals surface area (Å²) >= 11 is 0. The molecular formula is C18H15N5O2. The second-order valence-corrected chi connectivity index (χ2v) is 5.71. The maximum atomic E-state index is 12.2. The molecule has 0 atom stereocenters. The van der Waals surface area contributed by atoms with Crippen LogP contribution in [0.5, 0.6) is 0 Å². The van der Waals surface area contributed by atoms with E-state index in [1.54, 1.807) is 29.4 Å². The van der Waals surface area contributed by atoms with Crippen molar-refractivity contribution in [1.29, 1.82) is 0 Å². The molecule has 1 fully saturated rings. The molecule has 0 bridgehead atoms. The van der Waals surface area contributed by atoms with E-state index in [1.807, 2.05) is 36.4 Å². The molecule has 0 saturated carbocycles. The lowest BCUT2D eigenvalue weighted by atomic mass is 10.00. The minimum absolute atomic E-state index is 0.0220. The maximum absolute atomic E-state index is 12.2. The number of hydrogen-bond acceptors (Lipinski definition) is 6. The molecule has 3 aromatic rings. The molecule has 25 heavy (non-hydrogen) atoms. The third kappa shape index (κ3) is 3.30. The number of benzene rings is 1. The molecule has 1 aliphatic rings. The summed E-state index contributed by atoms with van der Waals surface area (Å²) in [5.74, 6) is 1.34. The molecule has 0 radical (unpaired) electrons. The Balaban J connectivity index is 1.35. The van der Waals surface area contributed by atoms with Crippen LogP contribution in [-0.2, 0) is 4.79 Å². The van der Waals surface area contributed by atoms with Gasteiger partial charge in [-0.05, 0) is 17.7 Å². The SMILES string of the molecule is O=C(/C=C/c1ccccc1)N1CC(c2nc(-c3ncccn3)no2)C1. The van der Waals surface area contributed by atoms with Crippen molar-refractivity contribution >= 4 is 12.0 Å². The highest BCUT2D eigenvalue weighted by atomic mass is 16.5. The predicted molar refractivity (Wildman–Crippen MR) is 90.1 cm³/mol. The van der Waals surface area contributed by atoms with Gasteiger partial charge in [-0.2, -0.15) is 4.98 Å². The number of carbonyl (C=O) groups excluding carboxylic acids is 1. The molecular weight excluding hydrogens is 318 g/mol. The van der Waals surface area contributed by atoms with Gasteiger partial charge in [0.2, 0.25) is 23.4 Å². The molecule has 2 aromatic heterocycles. The highest BCUT2D eigenvalue weighted by Gasteiger charge is 2.35. The third-order valence-electron chi connectivity index (χ3n) is 3.97. The second kappa shape index (κ2) is 6.64. The van der Waals surface area contributed by atoms with E-state index < -0.39 is 0 Å². The number of aromatic nitrogens is 4.